The van der Waals surface area contributed by atoms with Crippen LogP contribution in [0.25, 0.3) is 5.69 Å². The molecule has 1 amide bonds. The SMILES string of the molecule is COc1ccc(-n2ccc(CNC(=O)[C@@H](C)N)n2)cc1. The Morgan fingerprint density at radius 3 is 2.70 bits per heavy atom. The van der Waals surface area contributed by atoms with Gasteiger partial charge in [0, 0.05) is 6.20 Å². The fourth-order valence-corrected chi connectivity index (χ4v) is 1.67. The highest BCUT2D eigenvalue weighted by atomic mass is 16.5. The van der Waals surface area contributed by atoms with Crippen molar-refractivity contribution >= 4 is 5.91 Å². The summed E-state index contributed by atoms with van der Waals surface area (Å²) in [6, 6.07) is 8.90. The van der Waals surface area contributed by atoms with Gasteiger partial charge in [-0.2, -0.15) is 5.10 Å². The summed E-state index contributed by atoms with van der Waals surface area (Å²) in [4.78, 5) is 11.4. The van der Waals surface area contributed by atoms with Crippen LogP contribution in [-0.2, 0) is 11.3 Å². The van der Waals surface area contributed by atoms with E-state index in [2.05, 4.69) is 10.4 Å². The molecule has 0 unspecified atom stereocenters. The zero-order chi connectivity index (χ0) is 14.5. The molecule has 0 spiro atoms. The zero-order valence-electron chi connectivity index (χ0n) is 11.5. The molecule has 20 heavy (non-hydrogen) atoms. The average Bonchev–Trinajstić information content (AvgIpc) is 2.93. The summed E-state index contributed by atoms with van der Waals surface area (Å²) in [7, 11) is 1.63. The second kappa shape index (κ2) is 6.21. The van der Waals surface area contributed by atoms with Gasteiger partial charge in [0.1, 0.15) is 5.75 Å². The maximum atomic E-state index is 11.4. The van der Waals surface area contributed by atoms with Gasteiger partial charge in [-0.25, -0.2) is 4.68 Å². The number of nitrogens with two attached hydrogens (primary N) is 1. The van der Waals surface area contributed by atoms with E-state index < -0.39 is 6.04 Å². The minimum atomic E-state index is -0.515. The van der Waals surface area contributed by atoms with Gasteiger partial charge < -0.3 is 15.8 Å². The number of methoxy groups -OCH3 is 1. The molecule has 0 aliphatic carbocycles. The van der Waals surface area contributed by atoms with Gasteiger partial charge in [-0.1, -0.05) is 0 Å². The number of ether oxygens (including phenoxy) is 1. The van der Waals surface area contributed by atoms with E-state index in [1.54, 1.807) is 18.7 Å². The predicted molar refractivity (Wildman–Crippen MR) is 75.6 cm³/mol. The third kappa shape index (κ3) is 3.36. The number of carbonyl (C=O) groups excluding carboxylic acids is 1. The molecule has 1 atom stereocenters. The summed E-state index contributed by atoms with van der Waals surface area (Å²) in [5.74, 6) is 0.606. The average molecular weight is 274 g/mol. The van der Waals surface area contributed by atoms with Crippen molar-refractivity contribution in [3.8, 4) is 11.4 Å². The maximum Gasteiger partial charge on any atom is 0.236 e. The van der Waals surface area contributed by atoms with Crippen LogP contribution in [0.15, 0.2) is 36.5 Å². The number of amides is 1. The quantitative estimate of drug-likeness (QED) is 0.846. The van der Waals surface area contributed by atoms with Crippen LogP contribution in [0, 0.1) is 0 Å². The van der Waals surface area contributed by atoms with E-state index in [1.165, 1.54) is 0 Å². The Hall–Kier alpha value is -2.34. The molecule has 2 rings (SSSR count). The molecule has 1 aromatic carbocycles. The number of aromatic nitrogens is 2. The number of carbonyl (C=O) groups is 1. The zero-order valence-corrected chi connectivity index (χ0v) is 11.5. The standard InChI is InChI=1S/C14H18N4O2/c1-10(15)14(19)16-9-11-7-8-18(17-11)12-3-5-13(20-2)6-4-12/h3-8,10H,9,15H2,1-2H3,(H,16,19)/t10-/m1/s1. The molecular formula is C14H18N4O2. The number of hydrogen-bond acceptors (Lipinski definition) is 4. The van der Waals surface area contributed by atoms with Crippen molar-refractivity contribution in [1.82, 2.24) is 15.1 Å². The second-order valence-corrected chi connectivity index (χ2v) is 4.46. The van der Waals surface area contributed by atoms with Crippen LogP contribution >= 0.6 is 0 Å². The topological polar surface area (TPSA) is 82.2 Å². The number of benzene rings is 1. The van der Waals surface area contributed by atoms with Gasteiger partial charge in [-0.15, -0.1) is 0 Å². The third-order valence-electron chi connectivity index (χ3n) is 2.84. The molecule has 0 saturated heterocycles. The molecule has 1 aromatic heterocycles. The molecular weight excluding hydrogens is 256 g/mol. The Balaban J connectivity index is 2.02. The van der Waals surface area contributed by atoms with Crippen LogP contribution in [0.4, 0.5) is 0 Å². The van der Waals surface area contributed by atoms with Gasteiger partial charge in [0.15, 0.2) is 0 Å². The molecule has 0 bridgehead atoms. The molecule has 6 heteroatoms. The van der Waals surface area contributed by atoms with Gasteiger partial charge in [0.2, 0.25) is 5.91 Å². The fourth-order valence-electron chi connectivity index (χ4n) is 1.67. The summed E-state index contributed by atoms with van der Waals surface area (Å²) in [6.07, 6.45) is 1.84. The highest BCUT2D eigenvalue weighted by molar-refractivity contribution is 5.80. The lowest BCUT2D eigenvalue weighted by atomic mass is 10.3. The Morgan fingerprint density at radius 1 is 1.40 bits per heavy atom. The fraction of sp³-hybridized carbons (Fsp3) is 0.286. The van der Waals surface area contributed by atoms with Gasteiger partial charge in [0.05, 0.1) is 31.1 Å². The van der Waals surface area contributed by atoms with E-state index in [0.717, 1.165) is 17.1 Å². The number of nitrogens with one attached hydrogen (secondary N) is 1. The first-order chi connectivity index (χ1) is 9.60. The van der Waals surface area contributed by atoms with Gasteiger partial charge in [-0.3, -0.25) is 4.79 Å². The second-order valence-electron chi connectivity index (χ2n) is 4.46. The van der Waals surface area contributed by atoms with Crippen molar-refractivity contribution in [2.45, 2.75) is 19.5 Å². The lowest BCUT2D eigenvalue weighted by Gasteiger charge is -2.06. The minimum Gasteiger partial charge on any atom is -0.497 e. The van der Waals surface area contributed by atoms with Crippen molar-refractivity contribution in [2.24, 2.45) is 5.73 Å². The summed E-state index contributed by atoms with van der Waals surface area (Å²) >= 11 is 0. The van der Waals surface area contributed by atoms with Crippen molar-refractivity contribution in [2.75, 3.05) is 7.11 Å². The molecule has 0 radical (unpaired) electrons. The van der Waals surface area contributed by atoms with E-state index in [1.807, 2.05) is 36.5 Å². The van der Waals surface area contributed by atoms with Crippen LogP contribution in [0.3, 0.4) is 0 Å². The molecule has 3 N–H and O–H groups in total. The lowest BCUT2D eigenvalue weighted by molar-refractivity contribution is -0.122. The largest absolute Gasteiger partial charge is 0.497 e. The van der Waals surface area contributed by atoms with E-state index in [4.69, 9.17) is 10.5 Å². The molecule has 0 saturated carbocycles. The van der Waals surface area contributed by atoms with E-state index in [9.17, 15) is 4.79 Å². The van der Waals surface area contributed by atoms with Gasteiger partial charge in [-0.05, 0) is 37.3 Å². The Kier molecular flexibility index (Phi) is 4.37. The van der Waals surface area contributed by atoms with Crippen molar-refractivity contribution < 1.29 is 9.53 Å². The first-order valence-corrected chi connectivity index (χ1v) is 6.32. The van der Waals surface area contributed by atoms with Crippen LogP contribution < -0.4 is 15.8 Å². The van der Waals surface area contributed by atoms with Gasteiger partial charge >= 0.3 is 0 Å². The lowest BCUT2D eigenvalue weighted by Crippen LogP contribution is -2.37. The molecule has 0 aliphatic heterocycles. The smallest absolute Gasteiger partial charge is 0.236 e. The number of hydrogen-bond donors (Lipinski definition) is 2. The molecule has 0 aliphatic rings. The molecule has 106 valence electrons. The molecule has 2 aromatic rings. The Labute approximate surface area is 117 Å². The highest BCUT2D eigenvalue weighted by Crippen LogP contribution is 2.14. The predicted octanol–water partition coefficient (Wildman–Crippen LogP) is 0.844. The van der Waals surface area contributed by atoms with Crippen LogP contribution in [-0.4, -0.2) is 28.8 Å². The first-order valence-electron chi connectivity index (χ1n) is 6.32. The van der Waals surface area contributed by atoms with Gasteiger partial charge in [0.25, 0.3) is 0 Å². The highest BCUT2D eigenvalue weighted by Gasteiger charge is 2.08. The van der Waals surface area contributed by atoms with Crippen LogP contribution in [0.2, 0.25) is 0 Å². The summed E-state index contributed by atoms with van der Waals surface area (Å²) in [6.45, 7) is 2.01. The van der Waals surface area contributed by atoms with Crippen molar-refractivity contribution in [3.63, 3.8) is 0 Å². The number of rotatable bonds is 5. The first kappa shape index (κ1) is 14.1. The Bertz CT molecular complexity index is 575. The van der Waals surface area contributed by atoms with E-state index >= 15 is 0 Å². The van der Waals surface area contributed by atoms with Crippen molar-refractivity contribution in [3.05, 3.63) is 42.2 Å². The molecule has 6 nitrogen and oxygen atoms in total. The summed E-state index contributed by atoms with van der Waals surface area (Å²) in [5.41, 5.74) is 7.17. The summed E-state index contributed by atoms with van der Waals surface area (Å²) in [5, 5.41) is 7.11. The third-order valence-corrected chi connectivity index (χ3v) is 2.84. The van der Waals surface area contributed by atoms with Crippen molar-refractivity contribution in [1.29, 1.82) is 0 Å². The molecule has 1 heterocycles. The summed E-state index contributed by atoms with van der Waals surface area (Å²) < 4.78 is 6.85. The Morgan fingerprint density at radius 2 is 2.10 bits per heavy atom. The normalized spacial score (nSPS) is 11.9. The van der Waals surface area contributed by atoms with E-state index in [-0.39, 0.29) is 5.91 Å². The van der Waals surface area contributed by atoms with Crippen LogP contribution in [0.5, 0.6) is 5.75 Å². The number of nitrogens with zero attached hydrogens (tertiary/aromatic N) is 2. The monoisotopic (exact) mass is 274 g/mol. The minimum absolute atomic E-state index is 0.191. The van der Waals surface area contributed by atoms with E-state index in [0.29, 0.717) is 6.54 Å². The maximum absolute atomic E-state index is 11.4. The van der Waals surface area contributed by atoms with Crippen LogP contribution in [0.1, 0.15) is 12.6 Å². The molecule has 0 fully saturated rings.